The molecule has 9 heteroatoms. The predicted octanol–water partition coefficient (Wildman–Crippen LogP) is 2.28. The number of nitriles is 1. The first kappa shape index (κ1) is 24.8. The second-order valence-electron chi connectivity index (χ2n) is 7.56. The van der Waals surface area contributed by atoms with Gasteiger partial charge in [-0.2, -0.15) is 5.26 Å². The van der Waals surface area contributed by atoms with Crippen molar-refractivity contribution in [1.82, 2.24) is 9.88 Å². The van der Waals surface area contributed by atoms with Crippen LogP contribution >= 0.6 is 0 Å². The number of benzene rings is 1. The molecule has 2 aromatic rings. The minimum atomic E-state index is -0.668. The molecule has 170 valence electrons. The maximum atomic E-state index is 13.9. The molecule has 0 unspecified atom stereocenters. The second-order valence-corrected chi connectivity index (χ2v) is 7.56. The summed E-state index contributed by atoms with van der Waals surface area (Å²) in [6.07, 6.45) is 1.82. The molecule has 0 aliphatic rings. The summed E-state index contributed by atoms with van der Waals surface area (Å²) in [5.74, 6) is -1.40. The summed E-state index contributed by atoms with van der Waals surface area (Å²) in [5, 5.41) is 12.0. The number of aryl methyl sites for hydroxylation is 1. The number of rotatable bonds is 11. The summed E-state index contributed by atoms with van der Waals surface area (Å²) in [4.78, 5) is 37.5. The van der Waals surface area contributed by atoms with Crippen molar-refractivity contribution in [2.24, 2.45) is 5.92 Å². The summed E-state index contributed by atoms with van der Waals surface area (Å²) >= 11 is 0. The quantitative estimate of drug-likeness (QED) is 0.421. The first-order chi connectivity index (χ1) is 15.3. The lowest BCUT2D eigenvalue weighted by Gasteiger charge is -2.13. The van der Waals surface area contributed by atoms with Crippen molar-refractivity contribution in [3.05, 3.63) is 63.3 Å². The van der Waals surface area contributed by atoms with Crippen LogP contribution in [0, 0.1) is 23.1 Å². The normalized spacial score (nSPS) is 10.6. The first-order valence-corrected chi connectivity index (χ1v) is 10.1. The van der Waals surface area contributed by atoms with Crippen molar-refractivity contribution >= 4 is 11.7 Å². The average Bonchev–Trinajstić information content (AvgIpc) is 2.77. The van der Waals surface area contributed by atoms with Gasteiger partial charge in [0.25, 0.3) is 11.5 Å². The number of hydrogen-bond donors (Lipinski definition) is 1. The number of ether oxygens (including phenoxy) is 2. The van der Waals surface area contributed by atoms with Gasteiger partial charge in [-0.05, 0) is 36.6 Å². The van der Waals surface area contributed by atoms with Crippen molar-refractivity contribution in [2.75, 3.05) is 26.9 Å². The lowest BCUT2D eigenvalue weighted by Crippen LogP contribution is -2.32. The van der Waals surface area contributed by atoms with Gasteiger partial charge in [-0.25, -0.2) is 4.39 Å². The van der Waals surface area contributed by atoms with Gasteiger partial charge in [0.1, 0.15) is 23.2 Å². The molecular formula is C23H26FN3O5. The van der Waals surface area contributed by atoms with Crippen LogP contribution in [0.15, 0.2) is 35.3 Å². The zero-order valence-corrected chi connectivity index (χ0v) is 18.3. The van der Waals surface area contributed by atoms with E-state index in [1.807, 2.05) is 13.8 Å². The number of carbonyl (C=O) groups excluding carboxylic acids is 2. The van der Waals surface area contributed by atoms with Gasteiger partial charge in [-0.3, -0.25) is 14.4 Å². The van der Waals surface area contributed by atoms with Gasteiger partial charge in [-0.15, -0.1) is 0 Å². The van der Waals surface area contributed by atoms with Crippen LogP contribution < -0.4 is 15.6 Å². The third kappa shape index (κ3) is 6.75. The van der Waals surface area contributed by atoms with E-state index in [0.29, 0.717) is 19.6 Å². The summed E-state index contributed by atoms with van der Waals surface area (Å²) < 4.78 is 25.6. The Morgan fingerprint density at radius 2 is 2.03 bits per heavy atom. The SMILES string of the molecule is COCCCn1cc(C(=O)c2cc(F)ccc2OCC(=O)NCC(C)C)cc(C#N)c1=O. The van der Waals surface area contributed by atoms with Crippen LogP contribution in [0.3, 0.4) is 0 Å². The van der Waals surface area contributed by atoms with Gasteiger partial charge >= 0.3 is 0 Å². The number of hydrogen-bond acceptors (Lipinski definition) is 6. The van der Waals surface area contributed by atoms with Crippen LogP contribution in [-0.2, 0) is 16.1 Å². The highest BCUT2D eigenvalue weighted by molar-refractivity contribution is 6.10. The Morgan fingerprint density at radius 3 is 2.69 bits per heavy atom. The Kier molecular flexibility index (Phi) is 9.10. The van der Waals surface area contributed by atoms with Crippen LogP contribution in [0.25, 0.3) is 0 Å². The fourth-order valence-electron chi connectivity index (χ4n) is 2.86. The lowest BCUT2D eigenvalue weighted by atomic mass is 10.0. The molecule has 1 aromatic heterocycles. The number of nitrogens with one attached hydrogen (secondary N) is 1. The standard InChI is InChI=1S/C23H26FN3O5/c1-15(2)12-26-21(28)14-32-20-6-5-18(24)10-19(20)22(29)17-9-16(11-25)23(30)27(13-17)7-4-8-31-3/h5-6,9-10,13,15H,4,7-8,12,14H2,1-3H3,(H,26,28). The fraction of sp³-hybridized carbons (Fsp3) is 0.391. The molecule has 1 amide bonds. The molecule has 0 aliphatic carbocycles. The van der Waals surface area contributed by atoms with Crippen LogP contribution in [0.1, 0.15) is 41.8 Å². The third-order valence-corrected chi connectivity index (χ3v) is 4.47. The Morgan fingerprint density at radius 1 is 1.28 bits per heavy atom. The van der Waals surface area contributed by atoms with Crippen LogP contribution in [0.5, 0.6) is 5.75 Å². The van der Waals surface area contributed by atoms with E-state index >= 15 is 0 Å². The molecule has 1 aromatic carbocycles. The molecule has 0 bridgehead atoms. The number of nitrogens with zero attached hydrogens (tertiary/aromatic N) is 2. The van der Waals surface area contributed by atoms with Gasteiger partial charge in [0.05, 0.1) is 5.56 Å². The molecule has 0 fully saturated rings. The van der Waals surface area contributed by atoms with E-state index in [2.05, 4.69) is 5.32 Å². The van der Waals surface area contributed by atoms with Gasteiger partial charge in [0.15, 0.2) is 12.4 Å². The Balaban J connectivity index is 2.33. The Bertz CT molecular complexity index is 1070. The molecular weight excluding hydrogens is 417 g/mol. The number of pyridine rings is 1. The average molecular weight is 443 g/mol. The highest BCUT2D eigenvalue weighted by atomic mass is 19.1. The molecule has 0 radical (unpaired) electrons. The van der Waals surface area contributed by atoms with E-state index in [9.17, 15) is 24.0 Å². The zero-order chi connectivity index (χ0) is 23.7. The highest BCUT2D eigenvalue weighted by Gasteiger charge is 2.19. The number of carbonyl (C=O) groups is 2. The van der Waals surface area contributed by atoms with Crippen molar-refractivity contribution in [1.29, 1.82) is 5.26 Å². The van der Waals surface area contributed by atoms with Crippen LogP contribution in [0.2, 0.25) is 0 Å². The number of ketones is 1. The number of methoxy groups -OCH3 is 1. The maximum absolute atomic E-state index is 13.9. The third-order valence-electron chi connectivity index (χ3n) is 4.47. The Hall–Kier alpha value is -3.51. The zero-order valence-electron chi connectivity index (χ0n) is 18.3. The molecule has 2 rings (SSSR count). The van der Waals surface area contributed by atoms with E-state index in [-0.39, 0.29) is 47.4 Å². The highest BCUT2D eigenvalue weighted by Crippen LogP contribution is 2.23. The first-order valence-electron chi connectivity index (χ1n) is 10.1. The summed E-state index contributed by atoms with van der Waals surface area (Å²) in [6, 6.07) is 6.33. The lowest BCUT2D eigenvalue weighted by molar-refractivity contribution is -0.123. The molecule has 0 aliphatic heterocycles. The number of amides is 1. The van der Waals surface area contributed by atoms with E-state index in [1.54, 1.807) is 6.07 Å². The molecule has 8 nitrogen and oxygen atoms in total. The topological polar surface area (TPSA) is 110 Å². The molecule has 32 heavy (non-hydrogen) atoms. The van der Waals surface area contributed by atoms with E-state index in [0.717, 1.165) is 12.1 Å². The summed E-state index contributed by atoms with van der Waals surface area (Å²) in [6.45, 7) is 4.65. The van der Waals surface area contributed by atoms with E-state index < -0.39 is 17.2 Å². The molecule has 0 saturated heterocycles. The molecule has 0 saturated carbocycles. The van der Waals surface area contributed by atoms with Crippen LogP contribution in [0.4, 0.5) is 4.39 Å². The summed E-state index contributed by atoms with van der Waals surface area (Å²) in [5.41, 5.74) is -0.830. The predicted molar refractivity (Wildman–Crippen MR) is 115 cm³/mol. The molecule has 0 atom stereocenters. The van der Waals surface area contributed by atoms with E-state index in [1.165, 1.54) is 30.0 Å². The van der Waals surface area contributed by atoms with Crippen LogP contribution in [-0.4, -0.2) is 43.1 Å². The number of aromatic nitrogens is 1. The van der Waals surface area contributed by atoms with Crippen molar-refractivity contribution < 1.29 is 23.5 Å². The smallest absolute Gasteiger partial charge is 0.268 e. The Labute approximate surface area is 185 Å². The maximum Gasteiger partial charge on any atom is 0.268 e. The monoisotopic (exact) mass is 443 g/mol. The van der Waals surface area contributed by atoms with E-state index in [4.69, 9.17) is 9.47 Å². The van der Waals surface area contributed by atoms with Crippen molar-refractivity contribution in [3.63, 3.8) is 0 Å². The molecule has 0 spiro atoms. The fourth-order valence-corrected chi connectivity index (χ4v) is 2.86. The van der Waals surface area contributed by atoms with Crippen molar-refractivity contribution in [2.45, 2.75) is 26.8 Å². The molecule has 1 N–H and O–H groups in total. The second kappa shape index (κ2) is 11.8. The summed E-state index contributed by atoms with van der Waals surface area (Å²) in [7, 11) is 1.53. The van der Waals surface area contributed by atoms with Gasteiger partial charge in [0.2, 0.25) is 0 Å². The van der Waals surface area contributed by atoms with Gasteiger partial charge < -0.3 is 19.4 Å². The largest absolute Gasteiger partial charge is 0.483 e. The van der Waals surface area contributed by atoms with Gasteiger partial charge in [-0.1, -0.05) is 13.8 Å². The minimum Gasteiger partial charge on any atom is -0.483 e. The van der Waals surface area contributed by atoms with Gasteiger partial charge in [0, 0.05) is 38.6 Å². The minimum absolute atomic E-state index is 0.0201. The van der Waals surface area contributed by atoms with Crippen molar-refractivity contribution in [3.8, 4) is 11.8 Å². The number of halogens is 1. The molecule has 1 heterocycles.